The Kier molecular flexibility index (Phi) is 5.24. The number of anilines is 1. The van der Waals surface area contributed by atoms with Gasteiger partial charge in [-0.25, -0.2) is 9.97 Å². The monoisotopic (exact) mass is 415 g/mol. The zero-order valence-electron chi connectivity index (χ0n) is 13.2. The molecule has 0 spiro atoms. The van der Waals surface area contributed by atoms with Crippen molar-refractivity contribution in [3.8, 4) is 10.7 Å². The molecule has 2 rings (SSSR count). The molecule has 5 heteroatoms. The number of aryl methyl sites for hydroxylation is 1. The predicted octanol–water partition coefficient (Wildman–Crippen LogP) is 5.10. The third kappa shape index (κ3) is 3.74. The second kappa shape index (κ2) is 6.60. The summed E-state index contributed by atoms with van der Waals surface area (Å²) in [5.41, 5.74) is 1.28. The lowest BCUT2D eigenvalue weighted by Crippen LogP contribution is -2.08. The Morgan fingerprint density at radius 2 is 1.90 bits per heavy atom. The molecule has 2 heterocycles. The van der Waals surface area contributed by atoms with E-state index in [0.29, 0.717) is 0 Å². The number of nitrogens with zero attached hydrogens (tertiary/aromatic N) is 2. The largest absolute Gasteiger partial charge is 0.369 e. The Morgan fingerprint density at radius 3 is 2.43 bits per heavy atom. The summed E-state index contributed by atoms with van der Waals surface area (Å²) in [4.78, 5) is 12.0. The Bertz CT molecular complexity index is 629. The molecule has 2 aromatic heterocycles. The van der Waals surface area contributed by atoms with Crippen LogP contribution in [0.2, 0.25) is 0 Å². The van der Waals surface area contributed by atoms with Gasteiger partial charge in [0.15, 0.2) is 5.82 Å². The molecule has 0 aromatic carbocycles. The van der Waals surface area contributed by atoms with Crippen molar-refractivity contribution < 1.29 is 0 Å². The lowest BCUT2D eigenvalue weighted by atomic mass is 9.95. The second-order valence-electron chi connectivity index (χ2n) is 5.95. The first kappa shape index (κ1) is 16.7. The van der Waals surface area contributed by atoms with Gasteiger partial charge in [0, 0.05) is 11.4 Å². The summed E-state index contributed by atoms with van der Waals surface area (Å²) in [6, 6.07) is 4.34. The number of nitrogens with one attached hydrogen (secondary N) is 1. The lowest BCUT2D eigenvalue weighted by Gasteiger charge is -2.15. The van der Waals surface area contributed by atoms with Gasteiger partial charge in [-0.15, -0.1) is 11.3 Å². The van der Waals surface area contributed by atoms with Crippen molar-refractivity contribution in [1.29, 1.82) is 0 Å². The quantitative estimate of drug-likeness (QED) is 0.706. The fourth-order valence-corrected chi connectivity index (χ4v) is 3.79. The molecule has 0 aliphatic carbocycles. The number of hydrogen-bond acceptors (Lipinski definition) is 4. The van der Waals surface area contributed by atoms with Gasteiger partial charge < -0.3 is 5.32 Å². The van der Waals surface area contributed by atoms with Crippen LogP contribution in [0.3, 0.4) is 0 Å². The van der Waals surface area contributed by atoms with Crippen LogP contribution in [0.1, 0.15) is 45.2 Å². The predicted molar refractivity (Wildman–Crippen MR) is 100 cm³/mol. The molecule has 0 unspecified atom stereocenters. The van der Waals surface area contributed by atoms with Crippen LogP contribution in [-0.2, 0) is 11.8 Å². The summed E-state index contributed by atoms with van der Waals surface area (Å²) >= 11 is 4.12. The number of halogens is 1. The number of hydrogen-bond donors (Lipinski definition) is 1. The molecule has 0 amide bonds. The average molecular weight is 415 g/mol. The molecule has 2 aromatic rings. The van der Waals surface area contributed by atoms with Crippen molar-refractivity contribution >= 4 is 39.7 Å². The normalized spacial score (nSPS) is 11.7. The van der Waals surface area contributed by atoms with E-state index in [4.69, 9.17) is 9.97 Å². The summed E-state index contributed by atoms with van der Waals surface area (Å²) in [6.07, 6.45) is 0.920. The average Bonchev–Trinajstić information content (AvgIpc) is 2.91. The smallest absolute Gasteiger partial charge is 0.171 e. The zero-order valence-corrected chi connectivity index (χ0v) is 16.2. The SMILES string of the molecule is CCNc1nc(-c2ccc(C(C)(C)C)s2)nc(CC)c1I. The maximum absolute atomic E-state index is 4.75. The van der Waals surface area contributed by atoms with Gasteiger partial charge in [0.25, 0.3) is 0 Å². The highest BCUT2D eigenvalue weighted by molar-refractivity contribution is 14.1. The van der Waals surface area contributed by atoms with E-state index in [1.54, 1.807) is 11.3 Å². The Morgan fingerprint density at radius 1 is 1.19 bits per heavy atom. The third-order valence-electron chi connectivity index (χ3n) is 3.16. The Hall–Kier alpha value is -0.690. The minimum atomic E-state index is 0.171. The first-order valence-corrected chi connectivity index (χ1v) is 9.17. The fraction of sp³-hybridized carbons (Fsp3) is 0.500. The standard InChI is InChI=1S/C16H22IN3S/c1-6-10-13(17)15(18-7-2)20-14(19-10)11-8-9-12(21-11)16(3,4)5/h8-9H,6-7H2,1-5H3,(H,18,19,20). The van der Waals surface area contributed by atoms with Crippen LogP contribution in [0.15, 0.2) is 12.1 Å². The van der Waals surface area contributed by atoms with Crippen LogP contribution in [0, 0.1) is 3.57 Å². The number of rotatable bonds is 4. The van der Waals surface area contributed by atoms with E-state index >= 15 is 0 Å². The van der Waals surface area contributed by atoms with Crippen molar-refractivity contribution in [2.24, 2.45) is 0 Å². The van der Waals surface area contributed by atoms with Crippen molar-refractivity contribution in [2.45, 2.75) is 46.5 Å². The minimum absolute atomic E-state index is 0.171. The highest BCUT2D eigenvalue weighted by Crippen LogP contribution is 2.34. The fourth-order valence-electron chi connectivity index (χ4n) is 1.98. The van der Waals surface area contributed by atoms with E-state index in [1.807, 2.05) is 0 Å². The maximum Gasteiger partial charge on any atom is 0.171 e. The highest BCUT2D eigenvalue weighted by atomic mass is 127. The molecule has 21 heavy (non-hydrogen) atoms. The van der Waals surface area contributed by atoms with Gasteiger partial charge in [-0.1, -0.05) is 27.7 Å². The molecular weight excluding hydrogens is 393 g/mol. The molecule has 0 saturated heterocycles. The number of aromatic nitrogens is 2. The van der Waals surface area contributed by atoms with E-state index in [0.717, 1.165) is 38.7 Å². The van der Waals surface area contributed by atoms with Crippen molar-refractivity contribution in [3.63, 3.8) is 0 Å². The molecule has 0 saturated carbocycles. The first-order valence-electron chi connectivity index (χ1n) is 7.27. The minimum Gasteiger partial charge on any atom is -0.369 e. The van der Waals surface area contributed by atoms with E-state index < -0.39 is 0 Å². The number of thiophene rings is 1. The van der Waals surface area contributed by atoms with Gasteiger partial charge in [-0.05, 0) is 53.5 Å². The Balaban J connectivity index is 2.48. The molecule has 0 bridgehead atoms. The van der Waals surface area contributed by atoms with Crippen LogP contribution in [0.4, 0.5) is 5.82 Å². The molecule has 0 aliphatic heterocycles. The molecule has 0 radical (unpaired) electrons. The van der Waals surface area contributed by atoms with Crippen LogP contribution in [0.5, 0.6) is 0 Å². The molecule has 1 N–H and O–H groups in total. The summed E-state index contributed by atoms with van der Waals surface area (Å²) in [5.74, 6) is 1.79. The molecular formula is C16H22IN3S. The summed E-state index contributed by atoms with van der Waals surface area (Å²) in [7, 11) is 0. The van der Waals surface area contributed by atoms with Crippen molar-refractivity contribution in [3.05, 3.63) is 26.3 Å². The van der Waals surface area contributed by atoms with Gasteiger partial charge in [0.2, 0.25) is 0 Å². The summed E-state index contributed by atoms with van der Waals surface area (Å²) in [5, 5.41) is 3.34. The van der Waals surface area contributed by atoms with Gasteiger partial charge in [-0.2, -0.15) is 0 Å². The third-order valence-corrected chi connectivity index (χ3v) is 5.80. The molecule has 0 atom stereocenters. The molecule has 0 fully saturated rings. The van der Waals surface area contributed by atoms with E-state index in [9.17, 15) is 0 Å². The highest BCUT2D eigenvalue weighted by Gasteiger charge is 2.19. The summed E-state index contributed by atoms with van der Waals surface area (Å²) < 4.78 is 1.13. The maximum atomic E-state index is 4.75. The van der Waals surface area contributed by atoms with Gasteiger partial charge in [0.05, 0.1) is 14.1 Å². The van der Waals surface area contributed by atoms with Crippen molar-refractivity contribution in [1.82, 2.24) is 9.97 Å². The summed E-state index contributed by atoms with van der Waals surface area (Å²) in [6.45, 7) is 11.8. The first-order chi connectivity index (χ1) is 9.86. The lowest BCUT2D eigenvalue weighted by molar-refractivity contribution is 0.604. The van der Waals surface area contributed by atoms with E-state index in [2.05, 4.69) is 74.7 Å². The molecule has 0 aliphatic rings. The van der Waals surface area contributed by atoms with Crippen LogP contribution in [-0.4, -0.2) is 16.5 Å². The topological polar surface area (TPSA) is 37.8 Å². The van der Waals surface area contributed by atoms with Gasteiger partial charge >= 0.3 is 0 Å². The van der Waals surface area contributed by atoms with E-state index in [-0.39, 0.29) is 5.41 Å². The van der Waals surface area contributed by atoms with E-state index in [1.165, 1.54) is 4.88 Å². The zero-order chi connectivity index (χ0) is 15.6. The van der Waals surface area contributed by atoms with Crippen LogP contribution in [0.25, 0.3) is 10.7 Å². The van der Waals surface area contributed by atoms with Crippen molar-refractivity contribution in [2.75, 3.05) is 11.9 Å². The Labute approximate surface area is 144 Å². The van der Waals surface area contributed by atoms with Crippen LogP contribution < -0.4 is 5.32 Å². The van der Waals surface area contributed by atoms with Crippen LogP contribution >= 0.6 is 33.9 Å². The molecule has 3 nitrogen and oxygen atoms in total. The molecule has 114 valence electrons. The van der Waals surface area contributed by atoms with Gasteiger partial charge in [-0.3, -0.25) is 0 Å². The van der Waals surface area contributed by atoms with Gasteiger partial charge in [0.1, 0.15) is 5.82 Å². The second-order valence-corrected chi connectivity index (χ2v) is 8.12.